The Labute approximate surface area is 412 Å². The zero-order chi connectivity index (χ0) is 50.5. The van der Waals surface area contributed by atoms with Gasteiger partial charge >= 0.3 is 18.1 Å². The van der Waals surface area contributed by atoms with Gasteiger partial charge in [-0.05, 0) is 108 Å². The van der Waals surface area contributed by atoms with Crippen molar-refractivity contribution in [3.05, 3.63) is 165 Å². The van der Waals surface area contributed by atoms with Crippen molar-refractivity contribution in [1.29, 1.82) is 0 Å². The van der Waals surface area contributed by atoms with E-state index in [1.165, 1.54) is 26.4 Å². The lowest BCUT2D eigenvalue weighted by molar-refractivity contribution is -0.141. The quantitative estimate of drug-likeness (QED) is 0.0373. The van der Waals surface area contributed by atoms with Gasteiger partial charge in [-0.1, -0.05) is 141 Å². The molecule has 0 aromatic heterocycles. The number of ether oxygens (including phenoxy) is 2. The van der Waals surface area contributed by atoms with Crippen LogP contribution in [0, 0.1) is 0 Å². The van der Waals surface area contributed by atoms with E-state index in [1.807, 2.05) is 24.3 Å². The van der Waals surface area contributed by atoms with Gasteiger partial charge in [0.2, 0.25) is 0 Å². The molecular formula is C55H64BrF3N2O8. The van der Waals surface area contributed by atoms with Crippen molar-refractivity contribution in [1.82, 2.24) is 10.6 Å². The number of nitrogens with one attached hydrogen (secondary N) is 2. The van der Waals surface area contributed by atoms with Gasteiger partial charge in [-0.15, -0.1) is 0 Å². The van der Waals surface area contributed by atoms with Crippen molar-refractivity contribution < 1.29 is 52.0 Å². The Balaban J connectivity index is 0.000000311. The molecule has 69 heavy (non-hydrogen) atoms. The molecule has 0 fully saturated rings. The number of hydrogen-bond donors (Lipinski definition) is 4. The molecule has 0 heterocycles. The first kappa shape index (κ1) is 55.8. The summed E-state index contributed by atoms with van der Waals surface area (Å²) in [6.45, 7) is 4.64. The smallest absolute Gasteiger partial charge is 0.416 e. The molecule has 2 unspecified atom stereocenters. The molecule has 0 aliphatic carbocycles. The third-order valence-corrected chi connectivity index (χ3v) is 12.5. The Morgan fingerprint density at radius 1 is 0.493 bits per heavy atom. The van der Waals surface area contributed by atoms with Gasteiger partial charge in [0.05, 0.1) is 32.6 Å². The van der Waals surface area contributed by atoms with E-state index in [0.717, 1.165) is 84.7 Å². The number of rotatable bonds is 23. The summed E-state index contributed by atoms with van der Waals surface area (Å²) in [7, 11) is 2.60. The van der Waals surface area contributed by atoms with E-state index < -0.39 is 28.9 Å². The van der Waals surface area contributed by atoms with Gasteiger partial charge in [-0.25, -0.2) is 0 Å². The molecule has 5 rings (SSSR count). The summed E-state index contributed by atoms with van der Waals surface area (Å²) in [5, 5.41) is 28.9. The first-order valence-corrected chi connectivity index (χ1v) is 24.2. The lowest BCUT2D eigenvalue weighted by Gasteiger charge is -2.30. The Hall–Kier alpha value is -5.83. The number of unbranched alkanes of at least 4 members (excludes halogenated alkanes) is 6. The second-order valence-electron chi connectivity index (χ2n) is 16.8. The molecule has 0 spiro atoms. The topological polar surface area (TPSA) is 151 Å². The van der Waals surface area contributed by atoms with Crippen LogP contribution in [-0.4, -0.2) is 61.3 Å². The summed E-state index contributed by atoms with van der Waals surface area (Å²) in [4.78, 5) is 47.2. The van der Waals surface area contributed by atoms with Crippen molar-refractivity contribution in [2.45, 2.75) is 108 Å². The van der Waals surface area contributed by atoms with Crippen LogP contribution in [0.4, 0.5) is 13.2 Å². The maximum Gasteiger partial charge on any atom is 0.416 e. The van der Waals surface area contributed by atoms with Gasteiger partial charge in [0, 0.05) is 28.7 Å². The van der Waals surface area contributed by atoms with E-state index in [0.29, 0.717) is 40.7 Å². The SMILES string of the molecule is CCCCCCC(O)(c1ccc(Br)cc1)c1ccc(C(=O)NCCC(=O)OC)cc1.CCCCCCC(O)(c1ccc(C(=O)NCCC(=O)OC)cc1)c1ccc(-c2ccc(C(F)(F)F)cc2)cc1. The average Bonchev–Trinajstić information content (AvgIpc) is 3.36. The second kappa shape index (κ2) is 27.4. The van der Waals surface area contributed by atoms with E-state index in [4.69, 9.17) is 0 Å². The number of carbonyl (C=O) groups excluding carboxylic acids is 4. The molecule has 0 saturated heterocycles. The van der Waals surface area contributed by atoms with Crippen LogP contribution < -0.4 is 10.6 Å². The molecule has 0 aliphatic rings. The minimum atomic E-state index is -4.39. The highest BCUT2D eigenvalue weighted by molar-refractivity contribution is 9.10. The number of halogens is 4. The van der Waals surface area contributed by atoms with E-state index in [1.54, 1.807) is 72.8 Å². The van der Waals surface area contributed by atoms with Crippen LogP contribution in [0.1, 0.15) is 139 Å². The lowest BCUT2D eigenvalue weighted by atomic mass is 9.81. The highest BCUT2D eigenvalue weighted by Crippen LogP contribution is 2.38. The molecular weight excluding hydrogens is 954 g/mol. The molecule has 10 nitrogen and oxygen atoms in total. The first-order chi connectivity index (χ1) is 33.0. The highest BCUT2D eigenvalue weighted by atomic mass is 79.9. The Morgan fingerprint density at radius 2 is 0.812 bits per heavy atom. The fraction of sp³-hybridized carbons (Fsp3) is 0.382. The van der Waals surface area contributed by atoms with Crippen molar-refractivity contribution in [2.75, 3.05) is 27.3 Å². The minimum Gasteiger partial charge on any atom is -0.469 e. The highest BCUT2D eigenvalue weighted by Gasteiger charge is 2.33. The van der Waals surface area contributed by atoms with Crippen LogP contribution in [0.2, 0.25) is 0 Å². The molecule has 5 aromatic carbocycles. The molecule has 2 amide bonds. The number of benzene rings is 5. The van der Waals surface area contributed by atoms with Crippen molar-refractivity contribution in [3.8, 4) is 11.1 Å². The van der Waals surface area contributed by atoms with Crippen LogP contribution >= 0.6 is 15.9 Å². The summed E-state index contributed by atoms with van der Waals surface area (Å²) < 4.78 is 48.8. The molecule has 370 valence electrons. The Bertz CT molecular complexity index is 2380. The molecule has 4 N–H and O–H groups in total. The lowest BCUT2D eigenvalue weighted by Crippen LogP contribution is -2.28. The number of amides is 2. The second-order valence-corrected chi connectivity index (χ2v) is 17.7. The van der Waals surface area contributed by atoms with Crippen molar-refractivity contribution >= 4 is 39.7 Å². The number of hydrogen-bond acceptors (Lipinski definition) is 8. The van der Waals surface area contributed by atoms with E-state index in [2.05, 4.69) is 49.9 Å². The third-order valence-electron chi connectivity index (χ3n) is 11.9. The number of aliphatic hydroxyl groups is 2. The maximum absolute atomic E-state index is 12.9. The summed E-state index contributed by atoms with van der Waals surface area (Å²) in [6.07, 6.45) is 5.00. The van der Waals surface area contributed by atoms with Crippen LogP contribution in [0.15, 0.2) is 126 Å². The van der Waals surface area contributed by atoms with Crippen LogP contribution in [0.3, 0.4) is 0 Å². The largest absolute Gasteiger partial charge is 0.469 e. The maximum atomic E-state index is 12.9. The van der Waals surface area contributed by atoms with Crippen LogP contribution in [0.25, 0.3) is 11.1 Å². The Morgan fingerprint density at radius 3 is 1.13 bits per heavy atom. The minimum absolute atomic E-state index is 0.0697. The third kappa shape index (κ3) is 16.7. The number of alkyl halides is 3. The number of methoxy groups -OCH3 is 2. The van der Waals surface area contributed by atoms with Gasteiger partial charge in [-0.2, -0.15) is 13.2 Å². The summed E-state index contributed by atoms with van der Waals surface area (Å²) in [5.41, 5.74) is 2.00. The predicted octanol–water partition coefficient (Wildman–Crippen LogP) is 11.8. The monoisotopic (exact) mass is 1020 g/mol. The van der Waals surface area contributed by atoms with Gasteiger partial charge in [0.1, 0.15) is 11.2 Å². The zero-order valence-corrected chi connectivity index (χ0v) is 41.4. The van der Waals surface area contributed by atoms with E-state index in [-0.39, 0.29) is 43.7 Å². The normalized spacial score (nSPS) is 12.9. The van der Waals surface area contributed by atoms with Gasteiger partial charge in [-0.3, -0.25) is 19.2 Å². The molecule has 2 atom stereocenters. The van der Waals surface area contributed by atoms with Gasteiger partial charge < -0.3 is 30.3 Å². The first-order valence-electron chi connectivity index (χ1n) is 23.4. The standard InChI is InChI=1S/C31H34F3NO4.C24H30BrNO4/c1-3-4-5-6-20-30(38,26-15-11-24(12-16-26)29(37)35-21-19-28(36)39-2)25-13-7-22(8-14-25)23-9-17-27(18-10-23)31(32,33)34;1-3-4-5-6-16-24(29,20-11-13-21(25)14-12-20)19-9-7-18(8-10-19)23(28)26-17-15-22(27)30-2/h7-18,38H,3-6,19-21H2,1-2H3,(H,35,37);7-14,29H,3-6,15-17H2,1-2H3,(H,26,28). The summed E-state index contributed by atoms with van der Waals surface area (Å²) >= 11 is 3.45. The summed E-state index contributed by atoms with van der Waals surface area (Å²) in [6, 6.07) is 33.6. The molecule has 0 saturated carbocycles. The van der Waals surface area contributed by atoms with Crippen LogP contribution in [0.5, 0.6) is 0 Å². The van der Waals surface area contributed by atoms with Crippen LogP contribution in [-0.2, 0) is 36.4 Å². The zero-order valence-electron chi connectivity index (χ0n) is 39.8. The molecule has 0 aliphatic heterocycles. The summed E-state index contributed by atoms with van der Waals surface area (Å²) in [5.74, 6) is -1.38. The van der Waals surface area contributed by atoms with Crippen molar-refractivity contribution in [2.24, 2.45) is 0 Å². The van der Waals surface area contributed by atoms with E-state index in [9.17, 15) is 42.6 Å². The molecule has 0 bridgehead atoms. The van der Waals surface area contributed by atoms with Gasteiger partial charge in [0.15, 0.2) is 0 Å². The number of esters is 2. The average molecular weight is 1020 g/mol. The van der Waals surface area contributed by atoms with Gasteiger partial charge in [0.25, 0.3) is 11.8 Å². The van der Waals surface area contributed by atoms with Crippen molar-refractivity contribution in [3.63, 3.8) is 0 Å². The van der Waals surface area contributed by atoms with E-state index >= 15 is 0 Å². The number of carbonyl (C=O) groups is 4. The predicted molar refractivity (Wildman–Crippen MR) is 265 cm³/mol. The molecule has 14 heteroatoms. The fourth-order valence-electron chi connectivity index (χ4n) is 7.80. The fourth-order valence-corrected chi connectivity index (χ4v) is 8.06. The molecule has 0 radical (unpaired) electrons. The molecule has 5 aromatic rings. The Kier molecular flexibility index (Phi) is 22.1.